The standard InChI is InChI=1S/C20H23N5O5/c1-12(2)24-13(3)21-15-10-14(16(11-17(15)24)23-6-8-29-9-7-23)22-20(26)18-4-5-19(30-18)25(27)28/h4-5,10-12H,6-9H2,1-3H3,(H,22,26). The Balaban J connectivity index is 1.76. The van der Waals surface area contributed by atoms with E-state index in [4.69, 9.17) is 9.15 Å². The second-order valence-electron chi connectivity index (χ2n) is 7.43. The van der Waals surface area contributed by atoms with Crippen LogP contribution in [-0.2, 0) is 4.74 Å². The Hall–Kier alpha value is -3.40. The Bertz CT molecular complexity index is 1110. The van der Waals surface area contributed by atoms with Crippen LogP contribution in [0.15, 0.2) is 28.7 Å². The fraction of sp³-hybridized carbons (Fsp3) is 0.400. The third-order valence-electron chi connectivity index (χ3n) is 5.10. The molecule has 158 valence electrons. The molecular formula is C20H23N5O5. The lowest BCUT2D eigenvalue weighted by Gasteiger charge is -2.30. The maximum atomic E-state index is 12.7. The number of carbonyl (C=O) groups is 1. The number of morpholine rings is 1. The van der Waals surface area contributed by atoms with Crippen molar-refractivity contribution in [1.29, 1.82) is 0 Å². The SMILES string of the molecule is Cc1nc2cc(NC(=O)c3ccc([N+](=O)[O-])o3)c(N3CCOCC3)cc2n1C(C)C. The quantitative estimate of drug-likeness (QED) is 0.502. The average Bonchev–Trinajstić information content (AvgIpc) is 3.32. The number of nitrogens with zero attached hydrogens (tertiary/aromatic N) is 4. The lowest BCUT2D eigenvalue weighted by Crippen LogP contribution is -2.36. The first-order valence-corrected chi connectivity index (χ1v) is 9.76. The summed E-state index contributed by atoms with van der Waals surface area (Å²) in [7, 11) is 0. The molecule has 1 fully saturated rings. The van der Waals surface area contributed by atoms with Gasteiger partial charge in [-0.25, -0.2) is 4.98 Å². The van der Waals surface area contributed by atoms with Crippen LogP contribution < -0.4 is 10.2 Å². The number of anilines is 2. The number of amides is 1. The smallest absolute Gasteiger partial charge is 0.395 e. The van der Waals surface area contributed by atoms with Crippen LogP contribution in [0, 0.1) is 17.0 Å². The van der Waals surface area contributed by atoms with Gasteiger partial charge in [0.15, 0.2) is 5.76 Å². The van der Waals surface area contributed by atoms with Gasteiger partial charge in [-0.05, 0) is 39.0 Å². The van der Waals surface area contributed by atoms with E-state index in [1.165, 1.54) is 6.07 Å². The molecule has 2 aromatic heterocycles. The van der Waals surface area contributed by atoms with Crippen molar-refractivity contribution in [3.8, 4) is 0 Å². The predicted octanol–water partition coefficient (Wildman–Crippen LogP) is 3.52. The highest BCUT2D eigenvalue weighted by molar-refractivity contribution is 6.06. The fourth-order valence-corrected chi connectivity index (χ4v) is 3.80. The van der Waals surface area contributed by atoms with E-state index in [-0.39, 0.29) is 11.8 Å². The number of benzene rings is 1. The normalized spacial score (nSPS) is 14.5. The number of carbonyl (C=O) groups excluding carboxylic acids is 1. The van der Waals surface area contributed by atoms with E-state index < -0.39 is 16.7 Å². The highest BCUT2D eigenvalue weighted by atomic mass is 16.6. The molecule has 1 amide bonds. The Morgan fingerprint density at radius 3 is 2.63 bits per heavy atom. The molecule has 0 unspecified atom stereocenters. The number of aryl methyl sites for hydroxylation is 1. The van der Waals surface area contributed by atoms with Gasteiger partial charge in [0.25, 0.3) is 5.91 Å². The van der Waals surface area contributed by atoms with E-state index >= 15 is 0 Å². The molecule has 0 radical (unpaired) electrons. The largest absolute Gasteiger partial charge is 0.433 e. The van der Waals surface area contributed by atoms with Crippen molar-refractivity contribution in [2.45, 2.75) is 26.8 Å². The summed E-state index contributed by atoms with van der Waals surface area (Å²) in [4.78, 5) is 29.7. The van der Waals surface area contributed by atoms with Crippen LogP contribution in [0.1, 0.15) is 36.3 Å². The molecule has 1 saturated heterocycles. The molecular weight excluding hydrogens is 390 g/mol. The van der Waals surface area contributed by atoms with Gasteiger partial charge in [-0.1, -0.05) is 0 Å². The second kappa shape index (κ2) is 7.79. The van der Waals surface area contributed by atoms with Crippen LogP contribution in [0.5, 0.6) is 0 Å². The van der Waals surface area contributed by atoms with Gasteiger partial charge < -0.3 is 23.9 Å². The summed E-state index contributed by atoms with van der Waals surface area (Å²) >= 11 is 0. The van der Waals surface area contributed by atoms with Crippen molar-refractivity contribution in [3.63, 3.8) is 0 Å². The maximum absolute atomic E-state index is 12.7. The van der Waals surface area contributed by atoms with E-state index in [1.807, 2.05) is 19.1 Å². The van der Waals surface area contributed by atoms with Crippen molar-refractivity contribution in [2.24, 2.45) is 0 Å². The molecule has 1 aliphatic heterocycles. The monoisotopic (exact) mass is 413 g/mol. The highest BCUT2D eigenvalue weighted by Gasteiger charge is 2.23. The zero-order chi connectivity index (χ0) is 21.4. The number of aromatic nitrogens is 2. The van der Waals surface area contributed by atoms with E-state index in [1.54, 1.807) is 0 Å². The number of nitrogens with one attached hydrogen (secondary N) is 1. The van der Waals surface area contributed by atoms with Gasteiger partial charge in [-0.3, -0.25) is 14.9 Å². The Morgan fingerprint density at radius 1 is 1.27 bits per heavy atom. The lowest BCUT2D eigenvalue weighted by molar-refractivity contribution is -0.402. The molecule has 3 aromatic rings. The molecule has 10 heteroatoms. The molecule has 3 heterocycles. The number of rotatable bonds is 5. The Labute approximate surface area is 172 Å². The molecule has 1 aromatic carbocycles. The third-order valence-corrected chi connectivity index (χ3v) is 5.10. The third kappa shape index (κ3) is 3.61. The van der Waals surface area contributed by atoms with Crippen LogP contribution in [0.3, 0.4) is 0 Å². The predicted molar refractivity (Wildman–Crippen MR) is 111 cm³/mol. The first-order chi connectivity index (χ1) is 14.3. The van der Waals surface area contributed by atoms with Gasteiger partial charge in [0.05, 0.1) is 41.7 Å². The van der Waals surface area contributed by atoms with Crippen molar-refractivity contribution >= 4 is 34.2 Å². The average molecular weight is 413 g/mol. The molecule has 0 atom stereocenters. The first-order valence-electron chi connectivity index (χ1n) is 9.76. The van der Waals surface area contributed by atoms with Crippen LogP contribution in [0.4, 0.5) is 17.3 Å². The minimum absolute atomic E-state index is 0.126. The van der Waals surface area contributed by atoms with Crippen molar-refractivity contribution in [2.75, 3.05) is 36.5 Å². The molecule has 0 saturated carbocycles. The van der Waals surface area contributed by atoms with E-state index in [2.05, 4.69) is 33.6 Å². The van der Waals surface area contributed by atoms with Gasteiger partial charge >= 0.3 is 5.88 Å². The van der Waals surface area contributed by atoms with Gasteiger partial charge in [-0.2, -0.15) is 0 Å². The molecule has 0 aliphatic carbocycles. The number of fused-ring (bicyclic) bond motifs is 1. The number of imidazole rings is 1. The zero-order valence-corrected chi connectivity index (χ0v) is 17.0. The molecule has 0 bridgehead atoms. The molecule has 10 nitrogen and oxygen atoms in total. The summed E-state index contributed by atoms with van der Waals surface area (Å²) in [5, 5.41) is 13.7. The summed E-state index contributed by atoms with van der Waals surface area (Å²) in [5.41, 5.74) is 3.17. The molecule has 30 heavy (non-hydrogen) atoms. The summed E-state index contributed by atoms with van der Waals surface area (Å²) in [6, 6.07) is 6.55. The topological polar surface area (TPSA) is 116 Å². The van der Waals surface area contributed by atoms with Gasteiger partial charge in [0.2, 0.25) is 0 Å². The molecule has 4 rings (SSSR count). The molecule has 1 aliphatic rings. The number of hydrogen-bond donors (Lipinski definition) is 1. The number of ether oxygens (including phenoxy) is 1. The van der Waals surface area contributed by atoms with E-state index in [9.17, 15) is 14.9 Å². The van der Waals surface area contributed by atoms with Crippen LogP contribution >= 0.6 is 0 Å². The maximum Gasteiger partial charge on any atom is 0.433 e. The van der Waals surface area contributed by atoms with Gasteiger partial charge in [-0.15, -0.1) is 0 Å². The lowest BCUT2D eigenvalue weighted by atomic mass is 10.2. The summed E-state index contributed by atoms with van der Waals surface area (Å²) < 4.78 is 12.7. The van der Waals surface area contributed by atoms with Gasteiger partial charge in [0.1, 0.15) is 10.7 Å². The number of furan rings is 1. The van der Waals surface area contributed by atoms with Gasteiger partial charge in [0, 0.05) is 19.1 Å². The Morgan fingerprint density at radius 2 is 2.00 bits per heavy atom. The van der Waals surface area contributed by atoms with Crippen LogP contribution in [0.2, 0.25) is 0 Å². The number of hydrogen-bond acceptors (Lipinski definition) is 7. The van der Waals surface area contributed by atoms with Crippen molar-refractivity contribution in [3.05, 3.63) is 46.0 Å². The number of nitro groups is 1. The molecule has 0 spiro atoms. The zero-order valence-electron chi connectivity index (χ0n) is 17.0. The fourth-order valence-electron chi connectivity index (χ4n) is 3.80. The molecule has 1 N–H and O–H groups in total. The highest BCUT2D eigenvalue weighted by Crippen LogP contribution is 2.34. The van der Waals surface area contributed by atoms with E-state index in [0.717, 1.165) is 28.6 Å². The van der Waals surface area contributed by atoms with Crippen molar-refractivity contribution < 1.29 is 18.9 Å². The van der Waals surface area contributed by atoms with Crippen LogP contribution in [0.25, 0.3) is 11.0 Å². The summed E-state index contributed by atoms with van der Waals surface area (Å²) in [6.45, 7) is 8.72. The van der Waals surface area contributed by atoms with Crippen molar-refractivity contribution in [1.82, 2.24) is 9.55 Å². The summed E-state index contributed by atoms with van der Waals surface area (Å²) in [6.07, 6.45) is 0. The second-order valence-corrected chi connectivity index (χ2v) is 7.43. The van der Waals surface area contributed by atoms with E-state index in [0.29, 0.717) is 32.0 Å². The minimum atomic E-state index is -0.677. The minimum Gasteiger partial charge on any atom is -0.395 e. The first kappa shape index (κ1) is 19.9. The Kier molecular flexibility index (Phi) is 5.17. The van der Waals surface area contributed by atoms with Crippen LogP contribution in [-0.4, -0.2) is 46.7 Å². The summed E-state index contributed by atoms with van der Waals surface area (Å²) in [5.74, 6) is -0.274.